The predicted octanol–water partition coefficient (Wildman–Crippen LogP) is 1.20. The number of anilines is 1. The van der Waals surface area contributed by atoms with E-state index in [1.165, 1.54) is 17.7 Å². The summed E-state index contributed by atoms with van der Waals surface area (Å²) >= 11 is 0. The van der Waals surface area contributed by atoms with E-state index in [-0.39, 0.29) is 24.4 Å². The first-order valence-corrected chi connectivity index (χ1v) is 8.72. The first-order valence-electron chi connectivity index (χ1n) is 8.72. The second kappa shape index (κ2) is 6.09. The van der Waals surface area contributed by atoms with E-state index in [1.54, 1.807) is 6.92 Å². The number of hydrogen-bond donors (Lipinski definition) is 2. The Morgan fingerprint density at radius 2 is 2.00 bits per heavy atom. The van der Waals surface area contributed by atoms with Crippen molar-refractivity contribution in [2.75, 3.05) is 11.4 Å². The summed E-state index contributed by atoms with van der Waals surface area (Å²) in [5.41, 5.74) is 0.668. The second-order valence-corrected chi connectivity index (χ2v) is 7.03. The van der Waals surface area contributed by atoms with Gasteiger partial charge in [-0.3, -0.25) is 14.5 Å². The molecule has 2 amide bonds. The Kier molecular flexibility index (Phi) is 3.92. The maximum absolute atomic E-state index is 12.5. The summed E-state index contributed by atoms with van der Waals surface area (Å²) in [7, 11) is 0. The van der Waals surface area contributed by atoms with Crippen molar-refractivity contribution in [2.45, 2.75) is 56.8 Å². The zero-order chi connectivity index (χ0) is 16.7. The monoisotopic (exact) mass is 329 g/mol. The first-order chi connectivity index (χ1) is 11.6. The number of carbonyl (C=O) groups excluding carboxylic acids is 2. The molecule has 24 heavy (non-hydrogen) atoms. The summed E-state index contributed by atoms with van der Waals surface area (Å²) < 4.78 is 5.61. The van der Waals surface area contributed by atoms with Gasteiger partial charge in [-0.25, -0.2) is 0 Å². The van der Waals surface area contributed by atoms with Gasteiger partial charge in [0.05, 0.1) is 5.69 Å². The zero-order valence-corrected chi connectivity index (χ0v) is 13.8. The minimum atomic E-state index is -0.567. The molecule has 2 N–H and O–H groups in total. The number of hydrogen-bond acceptors (Lipinski definition) is 4. The van der Waals surface area contributed by atoms with Gasteiger partial charge >= 0.3 is 0 Å². The van der Waals surface area contributed by atoms with Crippen LogP contribution in [0.1, 0.15) is 32.6 Å². The molecular formula is C18H23N3O3. The third-order valence-electron chi connectivity index (χ3n) is 5.21. The minimum absolute atomic E-state index is 0.0445. The Hall–Kier alpha value is -2.08. The van der Waals surface area contributed by atoms with Crippen molar-refractivity contribution in [2.24, 2.45) is 0 Å². The smallest absolute Gasteiger partial charge is 0.268 e. The van der Waals surface area contributed by atoms with Crippen LogP contribution in [0.15, 0.2) is 24.3 Å². The van der Waals surface area contributed by atoms with E-state index in [9.17, 15) is 9.59 Å². The molecule has 128 valence electrons. The minimum Gasteiger partial charge on any atom is -0.479 e. The van der Waals surface area contributed by atoms with Crippen LogP contribution in [0.25, 0.3) is 0 Å². The number of para-hydroxylation sites is 2. The number of ether oxygens (including phenoxy) is 1. The van der Waals surface area contributed by atoms with Gasteiger partial charge < -0.3 is 15.4 Å². The fourth-order valence-corrected chi connectivity index (χ4v) is 4.11. The van der Waals surface area contributed by atoms with Gasteiger partial charge in [-0.1, -0.05) is 12.1 Å². The van der Waals surface area contributed by atoms with Crippen LogP contribution in [-0.4, -0.2) is 42.6 Å². The van der Waals surface area contributed by atoms with Gasteiger partial charge in [0.1, 0.15) is 12.3 Å². The van der Waals surface area contributed by atoms with Crippen LogP contribution in [0.5, 0.6) is 5.75 Å². The highest BCUT2D eigenvalue weighted by molar-refractivity contribution is 6.03. The summed E-state index contributed by atoms with van der Waals surface area (Å²) in [4.78, 5) is 26.5. The first kappa shape index (κ1) is 15.4. The van der Waals surface area contributed by atoms with Gasteiger partial charge in [0.15, 0.2) is 6.10 Å². The second-order valence-electron chi connectivity index (χ2n) is 7.03. The van der Waals surface area contributed by atoms with E-state index >= 15 is 0 Å². The summed E-state index contributed by atoms with van der Waals surface area (Å²) in [6, 6.07) is 8.62. The number of fused-ring (bicyclic) bond motifs is 3. The Bertz CT molecular complexity index is 651. The van der Waals surface area contributed by atoms with Crippen molar-refractivity contribution in [3.8, 4) is 5.75 Å². The molecule has 0 aromatic heterocycles. The van der Waals surface area contributed by atoms with Gasteiger partial charge in [0.25, 0.3) is 5.91 Å². The number of nitrogens with one attached hydrogen (secondary N) is 2. The van der Waals surface area contributed by atoms with Crippen LogP contribution in [0.3, 0.4) is 0 Å². The lowest BCUT2D eigenvalue weighted by molar-refractivity contribution is -0.128. The van der Waals surface area contributed by atoms with E-state index in [2.05, 4.69) is 10.6 Å². The maximum Gasteiger partial charge on any atom is 0.268 e. The Labute approximate surface area is 141 Å². The van der Waals surface area contributed by atoms with Crippen LogP contribution < -0.4 is 20.3 Å². The van der Waals surface area contributed by atoms with Crippen molar-refractivity contribution in [3.05, 3.63) is 24.3 Å². The highest BCUT2D eigenvalue weighted by Crippen LogP contribution is 2.33. The number of rotatable bonds is 3. The SMILES string of the molecule is CC1Oc2ccccc2N(CC(=O)NC2CC3CCC(C2)N3)C1=O. The number of piperidine rings is 1. The van der Waals surface area contributed by atoms with Crippen molar-refractivity contribution in [1.82, 2.24) is 10.6 Å². The van der Waals surface area contributed by atoms with Gasteiger partial charge in [-0.05, 0) is 44.7 Å². The molecule has 4 rings (SSSR count). The van der Waals surface area contributed by atoms with Crippen molar-refractivity contribution in [3.63, 3.8) is 0 Å². The van der Waals surface area contributed by atoms with Crippen LogP contribution in [-0.2, 0) is 9.59 Å². The Morgan fingerprint density at radius 3 is 2.75 bits per heavy atom. The molecule has 3 atom stereocenters. The third-order valence-corrected chi connectivity index (χ3v) is 5.21. The van der Waals surface area contributed by atoms with Gasteiger partial charge in [-0.15, -0.1) is 0 Å². The lowest BCUT2D eigenvalue weighted by Crippen LogP contribution is -2.52. The molecule has 2 bridgehead atoms. The molecule has 3 heterocycles. The maximum atomic E-state index is 12.5. The van der Waals surface area contributed by atoms with Crippen LogP contribution >= 0.6 is 0 Å². The van der Waals surface area contributed by atoms with Crippen LogP contribution in [0.2, 0.25) is 0 Å². The Balaban J connectivity index is 1.44. The molecule has 0 radical (unpaired) electrons. The quantitative estimate of drug-likeness (QED) is 0.874. The fraction of sp³-hybridized carbons (Fsp3) is 0.556. The molecule has 3 aliphatic heterocycles. The average Bonchev–Trinajstić information content (AvgIpc) is 2.90. The molecule has 0 spiro atoms. The highest BCUT2D eigenvalue weighted by atomic mass is 16.5. The van der Waals surface area contributed by atoms with Crippen LogP contribution in [0, 0.1) is 0 Å². The lowest BCUT2D eigenvalue weighted by Gasteiger charge is -2.34. The Morgan fingerprint density at radius 1 is 1.29 bits per heavy atom. The molecule has 0 saturated carbocycles. The molecule has 2 saturated heterocycles. The third kappa shape index (κ3) is 2.86. The number of nitrogens with zero attached hydrogens (tertiary/aromatic N) is 1. The normalized spacial score (nSPS) is 31.4. The number of benzene rings is 1. The average molecular weight is 329 g/mol. The van der Waals surface area contributed by atoms with Crippen molar-refractivity contribution < 1.29 is 14.3 Å². The molecule has 3 unspecified atom stereocenters. The zero-order valence-electron chi connectivity index (χ0n) is 13.8. The standard InChI is InChI=1S/C18H23N3O3/c1-11-18(23)21(15-4-2-3-5-16(15)24-11)10-17(22)20-14-8-12-6-7-13(9-14)19-12/h2-5,11-14,19H,6-10H2,1H3,(H,20,22). The molecule has 6 heteroatoms. The molecule has 1 aromatic carbocycles. The van der Waals surface area contributed by atoms with E-state index in [1.807, 2.05) is 24.3 Å². The number of amides is 2. The van der Waals surface area contributed by atoms with Gasteiger partial charge in [-0.2, -0.15) is 0 Å². The number of carbonyl (C=O) groups is 2. The van der Waals surface area contributed by atoms with Gasteiger partial charge in [0, 0.05) is 18.1 Å². The predicted molar refractivity (Wildman–Crippen MR) is 90.0 cm³/mol. The summed E-state index contributed by atoms with van der Waals surface area (Å²) in [5.74, 6) is 0.380. The fourth-order valence-electron chi connectivity index (χ4n) is 4.11. The molecule has 2 fully saturated rings. The highest BCUT2D eigenvalue weighted by Gasteiger charge is 2.36. The molecule has 0 aliphatic carbocycles. The molecular weight excluding hydrogens is 306 g/mol. The summed E-state index contributed by atoms with van der Waals surface area (Å²) in [5, 5.41) is 6.69. The van der Waals surface area contributed by atoms with E-state index in [4.69, 9.17) is 4.74 Å². The van der Waals surface area contributed by atoms with Crippen molar-refractivity contribution >= 4 is 17.5 Å². The molecule has 1 aromatic rings. The molecule has 6 nitrogen and oxygen atoms in total. The van der Waals surface area contributed by atoms with E-state index < -0.39 is 6.10 Å². The summed E-state index contributed by atoms with van der Waals surface area (Å²) in [6.45, 7) is 1.76. The lowest BCUT2D eigenvalue weighted by atomic mass is 10.00. The largest absolute Gasteiger partial charge is 0.479 e. The van der Waals surface area contributed by atoms with E-state index in [0.717, 1.165) is 12.8 Å². The van der Waals surface area contributed by atoms with Crippen LogP contribution in [0.4, 0.5) is 5.69 Å². The van der Waals surface area contributed by atoms with E-state index in [0.29, 0.717) is 23.5 Å². The topological polar surface area (TPSA) is 70.7 Å². The molecule has 3 aliphatic rings. The van der Waals surface area contributed by atoms with Gasteiger partial charge in [0.2, 0.25) is 5.91 Å². The summed E-state index contributed by atoms with van der Waals surface area (Å²) in [6.07, 6.45) is 3.79. The van der Waals surface area contributed by atoms with Crippen molar-refractivity contribution in [1.29, 1.82) is 0 Å².